The first-order valence-electron chi connectivity index (χ1n) is 4.94. The van der Waals surface area contributed by atoms with Crippen LogP contribution in [-0.4, -0.2) is 55.4 Å². The summed E-state index contributed by atoms with van der Waals surface area (Å²) < 4.78 is 5.65. The summed E-state index contributed by atoms with van der Waals surface area (Å²) in [6, 6.07) is 0. The quantitative estimate of drug-likeness (QED) is 0.608. The SMILES string of the molecule is CN(C)C1CN(C(C)(C)C)CCO1. The first-order chi connectivity index (χ1) is 5.91. The van der Waals surface area contributed by atoms with E-state index < -0.39 is 0 Å². The average molecular weight is 186 g/mol. The Morgan fingerprint density at radius 3 is 2.38 bits per heavy atom. The van der Waals surface area contributed by atoms with E-state index in [0.29, 0.717) is 0 Å². The van der Waals surface area contributed by atoms with Crippen LogP contribution in [0.15, 0.2) is 0 Å². The minimum atomic E-state index is 0.257. The maximum atomic E-state index is 5.65. The molecule has 13 heavy (non-hydrogen) atoms. The number of ether oxygens (including phenoxy) is 1. The lowest BCUT2D eigenvalue weighted by molar-refractivity contribution is -0.114. The maximum Gasteiger partial charge on any atom is 0.123 e. The summed E-state index contributed by atoms with van der Waals surface area (Å²) in [7, 11) is 4.13. The molecule has 0 amide bonds. The number of rotatable bonds is 1. The van der Waals surface area contributed by atoms with Crippen LogP contribution in [0.25, 0.3) is 0 Å². The average Bonchev–Trinajstić information content (AvgIpc) is 2.03. The zero-order chi connectivity index (χ0) is 10.1. The van der Waals surface area contributed by atoms with Crippen LogP contribution in [0.2, 0.25) is 0 Å². The molecule has 1 saturated heterocycles. The lowest BCUT2D eigenvalue weighted by Gasteiger charge is -2.43. The smallest absolute Gasteiger partial charge is 0.123 e. The highest BCUT2D eigenvalue weighted by Gasteiger charge is 2.28. The van der Waals surface area contributed by atoms with Gasteiger partial charge < -0.3 is 4.74 Å². The maximum absolute atomic E-state index is 5.65. The summed E-state index contributed by atoms with van der Waals surface area (Å²) in [6.45, 7) is 9.67. The molecule has 0 spiro atoms. The molecular weight excluding hydrogens is 164 g/mol. The molecule has 0 aliphatic carbocycles. The molecule has 1 rings (SSSR count). The van der Waals surface area contributed by atoms with Gasteiger partial charge in [-0.2, -0.15) is 0 Å². The van der Waals surface area contributed by atoms with Gasteiger partial charge in [-0.25, -0.2) is 0 Å². The molecule has 0 saturated carbocycles. The van der Waals surface area contributed by atoms with Crippen LogP contribution >= 0.6 is 0 Å². The predicted molar refractivity (Wildman–Crippen MR) is 54.8 cm³/mol. The third-order valence-corrected chi connectivity index (χ3v) is 2.57. The van der Waals surface area contributed by atoms with Gasteiger partial charge in [0.25, 0.3) is 0 Å². The summed E-state index contributed by atoms with van der Waals surface area (Å²) in [5, 5.41) is 0. The van der Waals surface area contributed by atoms with E-state index >= 15 is 0 Å². The van der Waals surface area contributed by atoms with E-state index in [9.17, 15) is 0 Å². The molecule has 0 aromatic carbocycles. The van der Waals surface area contributed by atoms with Crippen molar-refractivity contribution in [1.82, 2.24) is 9.80 Å². The van der Waals surface area contributed by atoms with Crippen molar-refractivity contribution < 1.29 is 4.74 Å². The Labute approximate surface area is 81.7 Å². The van der Waals surface area contributed by atoms with Crippen LogP contribution in [-0.2, 0) is 4.74 Å². The van der Waals surface area contributed by atoms with Crippen LogP contribution in [0.4, 0.5) is 0 Å². The Bertz CT molecular complexity index is 163. The van der Waals surface area contributed by atoms with Crippen LogP contribution in [0.3, 0.4) is 0 Å². The van der Waals surface area contributed by atoms with Crippen molar-refractivity contribution in [2.24, 2.45) is 0 Å². The van der Waals surface area contributed by atoms with Crippen molar-refractivity contribution in [2.75, 3.05) is 33.8 Å². The van der Waals surface area contributed by atoms with Crippen LogP contribution in [0, 0.1) is 0 Å². The number of likely N-dealkylation sites (N-methyl/N-ethyl adjacent to an activating group) is 1. The van der Waals surface area contributed by atoms with E-state index in [2.05, 4.69) is 44.7 Å². The van der Waals surface area contributed by atoms with Crippen molar-refractivity contribution in [3.8, 4) is 0 Å². The van der Waals surface area contributed by atoms with E-state index in [1.165, 1.54) is 0 Å². The van der Waals surface area contributed by atoms with E-state index in [1.54, 1.807) is 0 Å². The fourth-order valence-electron chi connectivity index (χ4n) is 1.55. The Kier molecular flexibility index (Phi) is 3.33. The highest BCUT2D eigenvalue weighted by molar-refractivity contribution is 4.80. The fourth-order valence-corrected chi connectivity index (χ4v) is 1.55. The predicted octanol–water partition coefficient (Wildman–Crippen LogP) is 1.00. The molecule has 0 aromatic rings. The topological polar surface area (TPSA) is 15.7 Å². The number of hydrogen-bond acceptors (Lipinski definition) is 3. The first-order valence-corrected chi connectivity index (χ1v) is 4.94. The van der Waals surface area contributed by atoms with Gasteiger partial charge in [0.15, 0.2) is 0 Å². The lowest BCUT2D eigenvalue weighted by atomic mass is 10.1. The Morgan fingerprint density at radius 2 is 1.92 bits per heavy atom. The molecule has 0 N–H and O–H groups in total. The summed E-state index contributed by atoms with van der Waals surface area (Å²) in [5.74, 6) is 0. The van der Waals surface area contributed by atoms with Crippen molar-refractivity contribution in [3.63, 3.8) is 0 Å². The van der Waals surface area contributed by atoms with Crippen LogP contribution in [0.1, 0.15) is 20.8 Å². The normalized spacial score (nSPS) is 26.8. The minimum Gasteiger partial charge on any atom is -0.360 e. The van der Waals surface area contributed by atoms with Crippen LogP contribution in [0.5, 0.6) is 0 Å². The second-order valence-corrected chi connectivity index (χ2v) is 4.91. The highest BCUT2D eigenvalue weighted by Crippen LogP contribution is 2.17. The lowest BCUT2D eigenvalue weighted by Crippen LogP contribution is -2.54. The first kappa shape index (κ1) is 11.0. The molecule has 0 bridgehead atoms. The van der Waals surface area contributed by atoms with Crippen molar-refractivity contribution >= 4 is 0 Å². The molecule has 3 nitrogen and oxygen atoms in total. The second-order valence-electron chi connectivity index (χ2n) is 4.91. The fraction of sp³-hybridized carbons (Fsp3) is 1.00. The number of nitrogens with zero attached hydrogens (tertiary/aromatic N) is 2. The standard InChI is InChI=1S/C10H22N2O/c1-10(2,3)12-6-7-13-9(8-12)11(4)5/h9H,6-8H2,1-5H3. The van der Waals surface area contributed by atoms with Gasteiger partial charge in [-0.15, -0.1) is 0 Å². The number of morpholine rings is 1. The summed E-state index contributed by atoms with van der Waals surface area (Å²) in [4.78, 5) is 4.61. The summed E-state index contributed by atoms with van der Waals surface area (Å²) in [5.41, 5.74) is 0.262. The zero-order valence-corrected chi connectivity index (χ0v) is 9.50. The molecule has 1 atom stereocenters. The molecule has 1 aliphatic rings. The molecule has 0 radical (unpaired) electrons. The molecule has 1 aliphatic heterocycles. The van der Waals surface area contributed by atoms with E-state index in [1.807, 2.05) is 0 Å². The Hall–Kier alpha value is -0.120. The van der Waals surface area contributed by atoms with Gasteiger partial charge in [0.1, 0.15) is 6.23 Å². The largest absolute Gasteiger partial charge is 0.360 e. The third kappa shape index (κ3) is 2.93. The highest BCUT2D eigenvalue weighted by atomic mass is 16.5. The molecular formula is C10H22N2O. The molecule has 3 heteroatoms. The molecule has 78 valence electrons. The minimum absolute atomic E-state index is 0.257. The van der Waals surface area contributed by atoms with E-state index in [-0.39, 0.29) is 11.8 Å². The van der Waals surface area contributed by atoms with Crippen molar-refractivity contribution in [2.45, 2.75) is 32.5 Å². The molecule has 0 aromatic heterocycles. The third-order valence-electron chi connectivity index (χ3n) is 2.57. The van der Waals surface area contributed by atoms with Crippen molar-refractivity contribution in [3.05, 3.63) is 0 Å². The van der Waals surface area contributed by atoms with Gasteiger partial charge in [0.05, 0.1) is 6.61 Å². The van der Waals surface area contributed by atoms with E-state index in [4.69, 9.17) is 4.74 Å². The van der Waals surface area contributed by atoms with Crippen LogP contribution < -0.4 is 0 Å². The molecule has 1 unspecified atom stereocenters. The van der Waals surface area contributed by atoms with Crippen molar-refractivity contribution in [1.29, 1.82) is 0 Å². The van der Waals surface area contributed by atoms with Gasteiger partial charge in [-0.3, -0.25) is 9.80 Å². The van der Waals surface area contributed by atoms with Gasteiger partial charge in [-0.05, 0) is 34.9 Å². The zero-order valence-electron chi connectivity index (χ0n) is 9.50. The van der Waals surface area contributed by atoms with Gasteiger partial charge in [0, 0.05) is 18.6 Å². The van der Waals surface area contributed by atoms with Gasteiger partial charge in [0.2, 0.25) is 0 Å². The summed E-state index contributed by atoms with van der Waals surface area (Å²) >= 11 is 0. The molecule has 1 fully saturated rings. The summed E-state index contributed by atoms with van der Waals surface area (Å²) in [6.07, 6.45) is 0.257. The van der Waals surface area contributed by atoms with E-state index in [0.717, 1.165) is 19.7 Å². The second kappa shape index (κ2) is 3.95. The van der Waals surface area contributed by atoms with Gasteiger partial charge in [-0.1, -0.05) is 0 Å². The molecule has 1 heterocycles. The Morgan fingerprint density at radius 1 is 1.31 bits per heavy atom. The van der Waals surface area contributed by atoms with Gasteiger partial charge >= 0.3 is 0 Å². The monoisotopic (exact) mass is 186 g/mol. The number of hydrogen-bond donors (Lipinski definition) is 0. The Balaban J connectivity index is 2.52.